The van der Waals surface area contributed by atoms with E-state index in [0.29, 0.717) is 6.54 Å². The van der Waals surface area contributed by atoms with Crippen molar-refractivity contribution in [3.8, 4) is 0 Å². The lowest BCUT2D eigenvalue weighted by Crippen LogP contribution is -2.27. The van der Waals surface area contributed by atoms with E-state index in [1.807, 2.05) is 13.8 Å². The van der Waals surface area contributed by atoms with Gasteiger partial charge < -0.3 is 15.5 Å². The smallest absolute Gasteiger partial charge is 0.339 e. The van der Waals surface area contributed by atoms with Crippen molar-refractivity contribution in [1.82, 2.24) is 4.98 Å². The number of rotatable bonds is 5. The molecule has 0 radical (unpaired) electrons. The van der Waals surface area contributed by atoms with Crippen LogP contribution in [0.3, 0.4) is 0 Å². The lowest BCUT2D eigenvalue weighted by atomic mass is 9.95. The summed E-state index contributed by atoms with van der Waals surface area (Å²) >= 11 is 5.71. The van der Waals surface area contributed by atoms with E-state index in [2.05, 4.69) is 10.3 Å². The van der Waals surface area contributed by atoms with Gasteiger partial charge in [0.25, 0.3) is 0 Å². The van der Waals surface area contributed by atoms with Crippen molar-refractivity contribution in [2.75, 3.05) is 18.5 Å². The number of carboxylic acids is 1. The minimum Gasteiger partial charge on any atom is -0.478 e. The van der Waals surface area contributed by atoms with Crippen LogP contribution >= 0.6 is 11.6 Å². The Kier molecular flexibility index (Phi) is 4.31. The van der Waals surface area contributed by atoms with E-state index < -0.39 is 5.97 Å². The van der Waals surface area contributed by atoms with Gasteiger partial charge in [-0.15, -0.1) is 0 Å². The van der Waals surface area contributed by atoms with Gasteiger partial charge in [-0.1, -0.05) is 25.4 Å². The zero-order valence-electron chi connectivity index (χ0n) is 9.70. The maximum Gasteiger partial charge on any atom is 0.339 e. The highest BCUT2D eigenvalue weighted by Gasteiger charge is 2.18. The second-order valence-corrected chi connectivity index (χ2v) is 4.90. The molecular formula is C11H15ClN2O3. The fourth-order valence-corrected chi connectivity index (χ4v) is 1.27. The molecule has 0 unspecified atom stereocenters. The molecule has 0 fully saturated rings. The van der Waals surface area contributed by atoms with Crippen molar-refractivity contribution in [3.63, 3.8) is 0 Å². The third-order valence-corrected chi connectivity index (χ3v) is 2.46. The third kappa shape index (κ3) is 3.87. The van der Waals surface area contributed by atoms with E-state index in [0.717, 1.165) is 0 Å². The highest BCUT2D eigenvalue weighted by Crippen LogP contribution is 2.19. The molecule has 3 N–H and O–H groups in total. The topological polar surface area (TPSA) is 82.5 Å². The van der Waals surface area contributed by atoms with Gasteiger partial charge in [0, 0.05) is 18.6 Å². The normalized spacial score (nSPS) is 11.3. The summed E-state index contributed by atoms with van der Waals surface area (Å²) in [6.45, 7) is 4.09. The molecule has 0 bridgehead atoms. The van der Waals surface area contributed by atoms with Crippen LogP contribution in [0.5, 0.6) is 0 Å². The lowest BCUT2D eigenvalue weighted by Gasteiger charge is -2.22. The summed E-state index contributed by atoms with van der Waals surface area (Å²) in [5.41, 5.74) is -0.303. The number of nitrogens with one attached hydrogen (secondary N) is 1. The minimum atomic E-state index is -1.07. The number of aliphatic hydroxyl groups excluding tert-OH is 1. The molecule has 0 spiro atoms. The van der Waals surface area contributed by atoms with Crippen molar-refractivity contribution in [1.29, 1.82) is 0 Å². The predicted octanol–water partition coefficient (Wildman–Crippen LogP) is 1.86. The number of halogens is 1. The van der Waals surface area contributed by atoms with E-state index in [-0.39, 0.29) is 28.6 Å². The van der Waals surface area contributed by atoms with Crippen LogP contribution in [0.15, 0.2) is 12.1 Å². The number of carboxylic acid groups (broad SMARTS) is 1. The molecule has 0 aliphatic carbocycles. The highest BCUT2D eigenvalue weighted by molar-refractivity contribution is 6.29. The third-order valence-electron chi connectivity index (χ3n) is 2.25. The number of anilines is 1. The summed E-state index contributed by atoms with van der Waals surface area (Å²) in [5.74, 6) is -0.856. The number of pyridine rings is 1. The molecule has 17 heavy (non-hydrogen) atoms. The molecule has 1 rings (SSSR count). The van der Waals surface area contributed by atoms with Crippen molar-refractivity contribution in [2.24, 2.45) is 5.41 Å². The minimum absolute atomic E-state index is 0.0109. The Morgan fingerprint density at radius 1 is 1.53 bits per heavy atom. The van der Waals surface area contributed by atoms with Crippen LogP contribution in [0.2, 0.25) is 5.15 Å². The number of aromatic nitrogens is 1. The van der Waals surface area contributed by atoms with Crippen molar-refractivity contribution in [2.45, 2.75) is 13.8 Å². The maximum atomic E-state index is 11.0. The molecule has 5 nitrogen and oxygen atoms in total. The molecule has 6 heteroatoms. The van der Waals surface area contributed by atoms with Crippen molar-refractivity contribution >= 4 is 23.4 Å². The molecule has 1 aromatic heterocycles. The second kappa shape index (κ2) is 5.33. The Morgan fingerprint density at radius 3 is 2.71 bits per heavy atom. The van der Waals surface area contributed by atoms with Gasteiger partial charge in [0.2, 0.25) is 0 Å². The van der Waals surface area contributed by atoms with Crippen LogP contribution in [0.1, 0.15) is 24.2 Å². The molecule has 0 saturated heterocycles. The molecule has 94 valence electrons. The second-order valence-electron chi connectivity index (χ2n) is 4.51. The van der Waals surface area contributed by atoms with Crippen LogP contribution < -0.4 is 5.32 Å². The van der Waals surface area contributed by atoms with E-state index in [9.17, 15) is 4.79 Å². The van der Waals surface area contributed by atoms with Gasteiger partial charge in [0.1, 0.15) is 16.5 Å². The monoisotopic (exact) mass is 258 g/mol. The average Bonchev–Trinajstić information content (AvgIpc) is 2.26. The van der Waals surface area contributed by atoms with Crippen molar-refractivity contribution in [3.05, 3.63) is 22.8 Å². The molecule has 0 aliphatic heterocycles. The number of hydrogen-bond donors (Lipinski definition) is 3. The van der Waals surface area contributed by atoms with Gasteiger partial charge in [0.15, 0.2) is 0 Å². The molecule has 0 atom stereocenters. The fraction of sp³-hybridized carbons (Fsp3) is 0.455. The molecule has 1 aromatic rings. The zero-order valence-corrected chi connectivity index (χ0v) is 10.5. The quantitative estimate of drug-likeness (QED) is 0.703. The average molecular weight is 259 g/mol. The Morgan fingerprint density at radius 2 is 2.18 bits per heavy atom. The zero-order chi connectivity index (χ0) is 13.1. The first-order valence-corrected chi connectivity index (χ1v) is 5.48. The summed E-state index contributed by atoms with van der Waals surface area (Å²) in [6.07, 6.45) is 0. The van der Waals surface area contributed by atoms with E-state index in [1.54, 1.807) is 0 Å². The molecule has 0 aliphatic rings. The summed E-state index contributed by atoms with van der Waals surface area (Å²) in [7, 11) is 0. The Bertz CT molecular complexity index is 421. The summed E-state index contributed by atoms with van der Waals surface area (Å²) in [4.78, 5) is 14.9. The lowest BCUT2D eigenvalue weighted by molar-refractivity contribution is 0.0697. The van der Waals surface area contributed by atoms with Crippen LogP contribution in [0.25, 0.3) is 0 Å². The van der Waals surface area contributed by atoms with Gasteiger partial charge in [-0.25, -0.2) is 9.78 Å². The number of aromatic carboxylic acids is 1. The number of aliphatic hydroxyl groups is 1. The number of carbonyl (C=O) groups is 1. The van der Waals surface area contributed by atoms with E-state index in [1.165, 1.54) is 12.1 Å². The van der Waals surface area contributed by atoms with Crippen molar-refractivity contribution < 1.29 is 15.0 Å². The molecule has 1 heterocycles. The van der Waals surface area contributed by atoms with Crippen LogP contribution in [-0.4, -0.2) is 34.3 Å². The molecule has 0 amide bonds. The summed E-state index contributed by atoms with van der Waals surface area (Å²) in [5, 5.41) is 21.2. The number of hydrogen-bond acceptors (Lipinski definition) is 4. The molecule has 0 aromatic carbocycles. The van der Waals surface area contributed by atoms with Gasteiger partial charge in [-0.3, -0.25) is 0 Å². The number of nitrogens with zero attached hydrogens (tertiary/aromatic N) is 1. The first-order valence-electron chi connectivity index (χ1n) is 5.10. The SMILES string of the molecule is CC(C)(CO)CNc1nc(Cl)ccc1C(=O)O. The fourth-order valence-electron chi connectivity index (χ4n) is 1.12. The van der Waals surface area contributed by atoms with Crippen LogP contribution in [0, 0.1) is 5.41 Å². The van der Waals surface area contributed by atoms with Gasteiger partial charge in [0.05, 0.1) is 0 Å². The van der Waals surface area contributed by atoms with E-state index >= 15 is 0 Å². The standard InChI is InChI=1S/C11H15ClN2O3/c1-11(2,6-15)5-13-9-7(10(16)17)3-4-8(12)14-9/h3-4,15H,5-6H2,1-2H3,(H,13,14)(H,16,17). The maximum absolute atomic E-state index is 11.0. The molecule has 0 saturated carbocycles. The largest absolute Gasteiger partial charge is 0.478 e. The summed E-state index contributed by atoms with van der Waals surface area (Å²) in [6, 6.07) is 2.82. The summed E-state index contributed by atoms with van der Waals surface area (Å²) < 4.78 is 0. The van der Waals surface area contributed by atoms with Gasteiger partial charge >= 0.3 is 5.97 Å². The highest BCUT2D eigenvalue weighted by atomic mass is 35.5. The first kappa shape index (κ1) is 13.7. The van der Waals surface area contributed by atoms with Gasteiger partial charge in [-0.05, 0) is 12.1 Å². The Balaban J connectivity index is 2.89. The van der Waals surface area contributed by atoms with Crippen LogP contribution in [-0.2, 0) is 0 Å². The van der Waals surface area contributed by atoms with E-state index in [4.69, 9.17) is 21.8 Å². The van der Waals surface area contributed by atoms with Gasteiger partial charge in [-0.2, -0.15) is 0 Å². The van der Waals surface area contributed by atoms with Crippen LogP contribution in [0.4, 0.5) is 5.82 Å². The predicted molar refractivity (Wildman–Crippen MR) is 65.6 cm³/mol. The molecular weight excluding hydrogens is 244 g/mol. The Labute approximate surface area is 104 Å². The first-order chi connectivity index (χ1) is 7.85. The Hall–Kier alpha value is -1.33.